The molecule has 4 nitrogen and oxygen atoms in total. The third kappa shape index (κ3) is 1.94. The van der Waals surface area contributed by atoms with Crippen LogP contribution in [-0.4, -0.2) is 16.4 Å². The molecule has 2 aromatic rings. The second kappa shape index (κ2) is 4.55. The first-order valence-corrected chi connectivity index (χ1v) is 6.19. The molecule has 1 aliphatic rings. The minimum atomic E-state index is -0.167. The van der Waals surface area contributed by atoms with E-state index >= 15 is 0 Å². The van der Waals surface area contributed by atoms with Gasteiger partial charge in [0.1, 0.15) is 6.10 Å². The third-order valence-electron chi connectivity index (χ3n) is 3.47. The van der Waals surface area contributed by atoms with E-state index in [1.54, 1.807) is 4.68 Å². The molecule has 2 unspecified atom stereocenters. The fraction of sp³-hybridized carbons (Fsp3) is 0.357. The Balaban J connectivity index is 1.94. The van der Waals surface area contributed by atoms with Crippen molar-refractivity contribution in [2.24, 2.45) is 12.8 Å². The highest BCUT2D eigenvalue weighted by Crippen LogP contribution is 2.35. The summed E-state index contributed by atoms with van der Waals surface area (Å²) < 4.78 is 7.64. The normalized spacial score (nSPS) is 20.4. The molecule has 0 fully saturated rings. The molecule has 0 spiro atoms. The number of aryl methyl sites for hydroxylation is 1. The number of fused-ring (bicyclic) bond motifs is 1. The lowest BCUT2D eigenvalue weighted by molar-refractivity contribution is 0.0241. The van der Waals surface area contributed by atoms with Gasteiger partial charge >= 0.3 is 0 Å². The highest BCUT2D eigenvalue weighted by molar-refractivity contribution is 5.33. The monoisotopic (exact) mass is 243 g/mol. The average molecular weight is 243 g/mol. The summed E-state index contributed by atoms with van der Waals surface area (Å²) in [7, 11) is 1.89. The van der Waals surface area contributed by atoms with Gasteiger partial charge in [-0.2, -0.15) is 5.10 Å². The van der Waals surface area contributed by atoms with Gasteiger partial charge in [0.15, 0.2) is 0 Å². The molecular formula is C14H17N3O. The first kappa shape index (κ1) is 11.4. The number of hydrogen-bond donors (Lipinski definition) is 1. The van der Waals surface area contributed by atoms with Crippen molar-refractivity contribution in [2.45, 2.75) is 18.6 Å². The van der Waals surface area contributed by atoms with Crippen molar-refractivity contribution in [2.75, 3.05) is 6.61 Å². The zero-order valence-electron chi connectivity index (χ0n) is 10.4. The van der Waals surface area contributed by atoms with Gasteiger partial charge in [0.25, 0.3) is 0 Å². The molecule has 94 valence electrons. The van der Waals surface area contributed by atoms with Crippen LogP contribution in [0.1, 0.15) is 28.8 Å². The Hall–Kier alpha value is -1.65. The Kier molecular flexibility index (Phi) is 2.89. The minimum absolute atomic E-state index is 0.0702. The van der Waals surface area contributed by atoms with Crippen LogP contribution in [0.25, 0.3) is 0 Å². The molecule has 2 N–H and O–H groups in total. The van der Waals surface area contributed by atoms with Gasteiger partial charge in [-0.25, -0.2) is 0 Å². The molecule has 2 heterocycles. The van der Waals surface area contributed by atoms with E-state index in [1.165, 1.54) is 11.1 Å². The van der Waals surface area contributed by atoms with Crippen LogP contribution >= 0.6 is 0 Å². The molecular weight excluding hydrogens is 226 g/mol. The molecule has 1 aliphatic heterocycles. The first-order valence-electron chi connectivity index (χ1n) is 6.19. The summed E-state index contributed by atoms with van der Waals surface area (Å²) in [6.07, 6.45) is 4.65. The van der Waals surface area contributed by atoms with Crippen molar-refractivity contribution in [3.63, 3.8) is 0 Å². The van der Waals surface area contributed by atoms with Crippen LogP contribution in [0.15, 0.2) is 36.7 Å². The fourth-order valence-corrected chi connectivity index (χ4v) is 2.51. The Morgan fingerprint density at radius 3 is 3.06 bits per heavy atom. The van der Waals surface area contributed by atoms with Gasteiger partial charge in [0.05, 0.1) is 18.8 Å². The van der Waals surface area contributed by atoms with E-state index in [-0.39, 0.29) is 12.1 Å². The maximum atomic E-state index is 6.32. The molecule has 0 bridgehead atoms. The summed E-state index contributed by atoms with van der Waals surface area (Å²) in [6, 6.07) is 8.20. The van der Waals surface area contributed by atoms with Crippen LogP contribution in [0.5, 0.6) is 0 Å². The summed E-state index contributed by atoms with van der Waals surface area (Å²) >= 11 is 0. The van der Waals surface area contributed by atoms with E-state index in [2.05, 4.69) is 23.3 Å². The van der Waals surface area contributed by atoms with Crippen molar-refractivity contribution >= 4 is 0 Å². The van der Waals surface area contributed by atoms with Crippen molar-refractivity contribution in [3.05, 3.63) is 53.3 Å². The van der Waals surface area contributed by atoms with Crippen molar-refractivity contribution < 1.29 is 4.74 Å². The van der Waals surface area contributed by atoms with Crippen LogP contribution < -0.4 is 5.73 Å². The highest BCUT2D eigenvalue weighted by Gasteiger charge is 2.27. The standard InChI is InChI=1S/C14H17N3O/c1-17-9-11(8-16-17)13(15)14-12-5-3-2-4-10(12)6-7-18-14/h2-5,8-9,13-14H,6-7,15H2,1H3. The molecule has 18 heavy (non-hydrogen) atoms. The summed E-state index contributed by atoms with van der Waals surface area (Å²) in [5.74, 6) is 0. The maximum Gasteiger partial charge on any atom is 0.102 e. The van der Waals surface area contributed by atoms with Crippen molar-refractivity contribution in [1.82, 2.24) is 9.78 Å². The predicted molar refractivity (Wildman–Crippen MR) is 69.0 cm³/mol. The van der Waals surface area contributed by atoms with E-state index < -0.39 is 0 Å². The molecule has 1 aromatic heterocycles. The van der Waals surface area contributed by atoms with Gasteiger partial charge in [0.2, 0.25) is 0 Å². The summed E-state index contributed by atoms with van der Waals surface area (Å²) in [4.78, 5) is 0. The van der Waals surface area contributed by atoms with Crippen molar-refractivity contribution in [1.29, 1.82) is 0 Å². The van der Waals surface area contributed by atoms with Gasteiger partial charge in [-0.15, -0.1) is 0 Å². The number of ether oxygens (including phenoxy) is 1. The van der Waals surface area contributed by atoms with Gasteiger partial charge in [-0.1, -0.05) is 24.3 Å². The lowest BCUT2D eigenvalue weighted by Gasteiger charge is -2.30. The van der Waals surface area contributed by atoms with Crippen LogP contribution in [0.3, 0.4) is 0 Å². The molecule has 0 amide bonds. The molecule has 1 aromatic carbocycles. The number of hydrogen-bond acceptors (Lipinski definition) is 3. The lowest BCUT2D eigenvalue weighted by Crippen LogP contribution is -2.27. The number of rotatable bonds is 2. The summed E-state index contributed by atoms with van der Waals surface area (Å²) in [6.45, 7) is 0.732. The molecule has 0 saturated carbocycles. The van der Waals surface area contributed by atoms with Gasteiger partial charge in [-0.05, 0) is 17.5 Å². The number of aromatic nitrogens is 2. The van der Waals surface area contributed by atoms with Crippen molar-refractivity contribution in [3.8, 4) is 0 Å². The van der Waals surface area contributed by atoms with Crippen LogP contribution in [0.4, 0.5) is 0 Å². The SMILES string of the molecule is Cn1cc(C(N)C2OCCc3ccccc32)cn1. The Morgan fingerprint density at radius 2 is 2.28 bits per heavy atom. The Labute approximate surface area is 106 Å². The van der Waals surface area contributed by atoms with E-state index in [0.717, 1.165) is 18.6 Å². The number of benzene rings is 1. The number of nitrogens with two attached hydrogens (primary N) is 1. The second-order valence-electron chi connectivity index (χ2n) is 4.71. The molecule has 0 aliphatic carbocycles. The third-order valence-corrected chi connectivity index (χ3v) is 3.47. The zero-order chi connectivity index (χ0) is 12.5. The van der Waals surface area contributed by atoms with E-state index in [4.69, 9.17) is 10.5 Å². The zero-order valence-corrected chi connectivity index (χ0v) is 10.4. The highest BCUT2D eigenvalue weighted by atomic mass is 16.5. The van der Waals surface area contributed by atoms with E-state index in [1.807, 2.05) is 25.5 Å². The quantitative estimate of drug-likeness (QED) is 0.874. The Bertz CT molecular complexity index is 549. The van der Waals surface area contributed by atoms with Gasteiger partial charge in [0, 0.05) is 18.8 Å². The van der Waals surface area contributed by atoms with E-state index in [0.29, 0.717) is 0 Å². The van der Waals surface area contributed by atoms with Crippen LogP contribution in [0.2, 0.25) is 0 Å². The lowest BCUT2D eigenvalue weighted by atomic mass is 9.91. The minimum Gasteiger partial charge on any atom is -0.371 e. The fourth-order valence-electron chi connectivity index (χ4n) is 2.51. The predicted octanol–water partition coefficient (Wildman–Crippen LogP) is 1.73. The van der Waals surface area contributed by atoms with E-state index in [9.17, 15) is 0 Å². The molecule has 2 atom stereocenters. The maximum absolute atomic E-state index is 6.32. The molecule has 4 heteroatoms. The van der Waals surface area contributed by atoms with Crippen LogP contribution in [-0.2, 0) is 18.2 Å². The molecule has 0 saturated heterocycles. The largest absolute Gasteiger partial charge is 0.371 e. The summed E-state index contributed by atoms with van der Waals surface area (Å²) in [5.41, 5.74) is 9.88. The molecule has 0 radical (unpaired) electrons. The average Bonchev–Trinajstić information content (AvgIpc) is 2.84. The van der Waals surface area contributed by atoms with Gasteiger partial charge in [-0.3, -0.25) is 4.68 Å². The Morgan fingerprint density at radius 1 is 1.44 bits per heavy atom. The number of nitrogens with zero attached hydrogens (tertiary/aromatic N) is 2. The topological polar surface area (TPSA) is 53.1 Å². The first-order chi connectivity index (χ1) is 8.75. The van der Waals surface area contributed by atoms with Gasteiger partial charge < -0.3 is 10.5 Å². The second-order valence-corrected chi connectivity index (χ2v) is 4.71. The smallest absolute Gasteiger partial charge is 0.102 e. The summed E-state index contributed by atoms with van der Waals surface area (Å²) in [5, 5.41) is 4.17. The molecule has 3 rings (SSSR count). The van der Waals surface area contributed by atoms with Crippen LogP contribution in [0, 0.1) is 0 Å².